The van der Waals surface area contributed by atoms with Gasteiger partial charge in [-0.2, -0.15) is 0 Å². The van der Waals surface area contributed by atoms with E-state index in [4.69, 9.17) is 15.0 Å². The van der Waals surface area contributed by atoms with E-state index >= 15 is 0 Å². The second kappa shape index (κ2) is 13.2. The van der Waals surface area contributed by atoms with Gasteiger partial charge in [-0.05, 0) is 97.6 Å². The van der Waals surface area contributed by atoms with E-state index in [1.165, 1.54) is 50.1 Å². The highest BCUT2D eigenvalue weighted by Gasteiger charge is 2.46. The molecule has 0 radical (unpaired) electrons. The van der Waals surface area contributed by atoms with E-state index in [1.807, 2.05) is 24.5 Å². The van der Waals surface area contributed by atoms with Gasteiger partial charge < -0.3 is 5.32 Å². The van der Waals surface area contributed by atoms with Crippen molar-refractivity contribution in [1.82, 2.24) is 20.3 Å². The third-order valence-corrected chi connectivity index (χ3v) is 12.5. The topological polar surface area (TPSA) is 50.7 Å². The highest BCUT2D eigenvalue weighted by Crippen LogP contribution is 2.56. The molecule has 276 valence electrons. The number of nitrogens with zero attached hydrogens (tertiary/aromatic N) is 3. The quantitative estimate of drug-likeness (QED) is 0.178. The molecule has 1 N–H and O–H groups in total. The zero-order valence-electron chi connectivity index (χ0n) is 32.0. The minimum atomic E-state index is -0.566. The van der Waals surface area contributed by atoms with Crippen molar-refractivity contribution in [2.45, 2.75) is 11.5 Å². The number of dihydropyridines is 1. The third kappa shape index (κ3) is 5.20. The fourth-order valence-electron chi connectivity index (χ4n) is 9.71. The van der Waals surface area contributed by atoms with Crippen LogP contribution in [0.3, 0.4) is 0 Å². The molecule has 12 rings (SSSR count). The first-order chi connectivity index (χ1) is 29.2. The summed E-state index contributed by atoms with van der Waals surface area (Å²) in [5.74, 6) is 0. The molecule has 9 aromatic rings. The molecule has 6 aromatic carbocycles. The summed E-state index contributed by atoms with van der Waals surface area (Å²) in [5, 5.41) is 5.95. The molecule has 1 aliphatic heterocycles. The number of pyridine rings is 3. The fraction of sp³-hybridized carbons (Fsp3) is 0.0364. The highest BCUT2D eigenvalue weighted by molar-refractivity contribution is 6.03. The Morgan fingerprint density at radius 1 is 0.475 bits per heavy atom. The normalized spacial score (nSPS) is 15.7. The fourth-order valence-corrected chi connectivity index (χ4v) is 9.71. The number of nitrogens with one attached hydrogen (secondary N) is 1. The molecule has 0 spiro atoms. The van der Waals surface area contributed by atoms with Crippen molar-refractivity contribution in [1.29, 1.82) is 0 Å². The molecule has 3 aliphatic rings. The van der Waals surface area contributed by atoms with Crippen LogP contribution in [0.15, 0.2) is 206 Å². The van der Waals surface area contributed by atoms with Crippen LogP contribution in [0, 0.1) is 0 Å². The van der Waals surface area contributed by atoms with Crippen molar-refractivity contribution in [3.05, 3.63) is 245 Å². The first kappa shape index (κ1) is 33.4. The Morgan fingerprint density at radius 2 is 1.14 bits per heavy atom. The van der Waals surface area contributed by atoms with Crippen molar-refractivity contribution in [3.63, 3.8) is 0 Å². The van der Waals surface area contributed by atoms with Crippen LogP contribution >= 0.6 is 0 Å². The summed E-state index contributed by atoms with van der Waals surface area (Å²) in [4.78, 5) is 14.7. The maximum Gasteiger partial charge on any atom is 0.0972 e. The van der Waals surface area contributed by atoms with Crippen LogP contribution in [0.4, 0.5) is 0 Å². The van der Waals surface area contributed by atoms with Gasteiger partial charge in [0.05, 0.1) is 33.9 Å². The summed E-state index contributed by atoms with van der Waals surface area (Å²) in [6.07, 6.45) is 12.5. The molecule has 0 bridgehead atoms. The Balaban J connectivity index is 0.972. The van der Waals surface area contributed by atoms with Gasteiger partial charge in [-0.15, -0.1) is 0 Å². The summed E-state index contributed by atoms with van der Waals surface area (Å²) in [7, 11) is 0. The number of fused-ring (bicyclic) bond motifs is 9. The van der Waals surface area contributed by atoms with Gasteiger partial charge in [0.25, 0.3) is 0 Å². The Morgan fingerprint density at radius 3 is 1.93 bits per heavy atom. The van der Waals surface area contributed by atoms with E-state index in [1.54, 1.807) is 0 Å². The molecule has 59 heavy (non-hydrogen) atoms. The first-order valence-electron chi connectivity index (χ1n) is 20.2. The largest absolute Gasteiger partial charge is 0.372 e. The molecule has 0 saturated heterocycles. The predicted molar refractivity (Wildman–Crippen MR) is 240 cm³/mol. The van der Waals surface area contributed by atoms with Gasteiger partial charge in [0, 0.05) is 34.4 Å². The lowest BCUT2D eigenvalue weighted by atomic mass is 9.67. The average molecular weight is 753 g/mol. The Hall–Kier alpha value is -7.69. The molecule has 4 heterocycles. The average Bonchev–Trinajstić information content (AvgIpc) is 3.62. The Labute approximate surface area is 342 Å². The summed E-state index contributed by atoms with van der Waals surface area (Å²) in [6.45, 7) is 0. The van der Waals surface area contributed by atoms with E-state index in [2.05, 4.69) is 187 Å². The molecule has 4 heteroatoms. The predicted octanol–water partition coefficient (Wildman–Crippen LogP) is 12.5. The van der Waals surface area contributed by atoms with Crippen LogP contribution in [0.1, 0.15) is 45.1 Å². The summed E-state index contributed by atoms with van der Waals surface area (Å²) in [6, 6.07) is 61.8. The lowest BCUT2D eigenvalue weighted by Gasteiger charge is -2.34. The number of hydrogen-bond acceptors (Lipinski definition) is 4. The second-order valence-corrected chi connectivity index (χ2v) is 15.6. The molecular weight excluding hydrogens is 717 g/mol. The number of allylic oxidation sites excluding steroid dienone is 2. The van der Waals surface area contributed by atoms with Gasteiger partial charge in [-0.3, -0.25) is 9.97 Å². The van der Waals surface area contributed by atoms with Crippen molar-refractivity contribution >= 4 is 33.6 Å². The van der Waals surface area contributed by atoms with Crippen LogP contribution in [-0.2, 0) is 5.41 Å². The van der Waals surface area contributed by atoms with Crippen LogP contribution in [0.2, 0.25) is 0 Å². The van der Waals surface area contributed by atoms with Crippen molar-refractivity contribution in [2.75, 3.05) is 0 Å². The maximum atomic E-state index is 5.27. The maximum absolute atomic E-state index is 5.27. The molecule has 2 aliphatic carbocycles. The van der Waals surface area contributed by atoms with Gasteiger partial charge in [0.1, 0.15) is 0 Å². The number of hydrogen-bond donors (Lipinski definition) is 1. The Kier molecular flexibility index (Phi) is 7.48. The minimum absolute atomic E-state index is 0.0355. The summed E-state index contributed by atoms with van der Waals surface area (Å²) < 4.78 is 0. The standard InChI is InChI=1S/C55H36N4/c1-3-17-47-45(15-1)46-16-2-4-18-48(46)55(47,44-14-6-10-42(34-44)50-30-28-40-26-24-38-12-8-32-57-52(38)54(40)59-50)43-13-5-9-41(33-43)35-19-21-36(22-20-35)49-29-27-39-25-23-37-11-7-31-56-51(37)53(39)58-49/h1-34,53,58H. The van der Waals surface area contributed by atoms with Gasteiger partial charge in [-0.1, -0.05) is 158 Å². The number of rotatable bonds is 5. The second-order valence-electron chi connectivity index (χ2n) is 15.6. The molecule has 0 fully saturated rings. The molecule has 4 nitrogen and oxygen atoms in total. The molecule has 1 atom stereocenters. The highest BCUT2D eigenvalue weighted by atomic mass is 15.0. The van der Waals surface area contributed by atoms with Crippen LogP contribution in [0.5, 0.6) is 0 Å². The van der Waals surface area contributed by atoms with E-state index < -0.39 is 5.41 Å². The van der Waals surface area contributed by atoms with Crippen LogP contribution in [-0.4, -0.2) is 15.0 Å². The summed E-state index contributed by atoms with van der Waals surface area (Å²) in [5.41, 5.74) is 18.8. The molecule has 0 amide bonds. The SMILES string of the molecule is C1=Cc2cccnc2C2NC(c3ccc(-c4cccc(C5(c6cccc(-c7ccc8ccc9cccnc9c8n7)c6)c6ccccc6-c6ccccc65)c4)cc3)=CC=C12. The molecule has 0 saturated carbocycles. The Bertz CT molecular complexity index is 3220. The minimum Gasteiger partial charge on any atom is -0.372 e. The van der Waals surface area contributed by atoms with Crippen LogP contribution in [0.25, 0.3) is 67.1 Å². The van der Waals surface area contributed by atoms with Crippen molar-refractivity contribution in [3.8, 4) is 33.5 Å². The van der Waals surface area contributed by atoms with Gasteiger partial charge >= 0.3 is 0 Å². The number of benzene rings is 6. The zero-order valence-corrected chi connectivity index (χ0v) is 32.0. The summed E-state index contributed by atoms with van der Waals surface area (Å²) >= 11 is 0. The molecular formula is C55H36N4. The first-order valence-corrected chi connectivity index (χ1v) is 20.2. The lowest BCUT2D eigenvalue weighted by Crippen LogP contribution is -2.28. The smallest absolute Gasteiger partial charge is 0.0972 e. The lowest BCUT2D eigenvalue weighted by molar-refractivity contribution is 0.704. The van der Waals surface area contributed by atoms with Gasteiger partial charge in [-0.25, -0.2) is 4.98 Å². The molecule has 3 aromatic heterocycles. The van der Waals surface area contributed by atoms with Gasteiger partial charge in [0.2, 0.25) is 0 Å². The molecule has 1 unspecified atom stereocenters. The monoisotopic (exact) mass is 752 g/mol. The zero-order chi connectivity index (χ0) is 38.9. The van der Waals surface area contributed by atoms with Crippen molar-refractivity contribution in [2.24, 2.45) is 0 Å². The van der Waals surface area contributed by atoms with Crippen LogP contribution < -0.4 is 5.32 Å². The van der Waals surface area contributed by atoms with E-state index in [-0.39, 0.29) is 6.04 Å². The van der Waals surface area contributed by atoms with E-state index in [0.717, 1.165) is 55.6 Å². The number of aromatic nitrogens is 3. The van der Waals surface area contributed by atoms with E-state index in [9.17, 15) is 0 Å². The van der Waals surface area contributed by atoms with E-state index in [0.29, 0.717) is 0 Å². The van der Waals surface area contributed by atoms with Crippen molar-refractivity contribution < 1.29 is 0 Å². The van der Waals surface area contributed by atoms with Gasteiger partial charge in [0.15, 0.2) is 0 Å². The third-order valence-electron chi connectivity index (χ3n) is 12.5.